The quantitative estimate of drug-likeness (QED) is 0.753. The first-order valence-electron chi connectivity index (χ1n) is 6.74. The van der Waals surface area contributed by atoms with Crippen LogP contribution in [0.25, 0.3) is 11.5 Å². The van der Waals surface area contributed by atoms with E-state index in [1.807, 2.05) is 36.4 Å². The third-order valence-corrected chi connectivity index (χ3v) is 3.11. The normalized spacial score (nSPS) is 10.4. The lowest BCUT2D eigenvalue weighted by molar-refractivity contribution is 0.1000. The molecular formula is C16H14N4O2. The van der Waals surface area contributed by atoms with Gasteiger partial charge in [0, 0.05) is 17.7 Å². The lowest BCUT2D eigenvalue weighted by Gasteiger charge is -2.03. The summed E-state index contributed by atoms with van der Waals surface area (Å²) >= 11 is 0. The van der Waals surface area contributed by atoms with Crippen molar-refractivity contribution >= 4 is 11.9 Å². The summed E-state index contributed by atoms with van der Waals surface area (Å²) in [5, 5.41) is 6.93. The highest BCUT2D eigenvalue weighted by molar-refractivity contribution is 5.92. The van der Waals surface area contributed by atoms with Crippen molar-refractivity contribution in [2.24, 2.45) is 5.73 Å². The van der Waals surface area contributed by atoms with Gasteiger partial charge in [-0.15, -0.1) is 0 Å². The maximum Gasteiger partial charge on any atom is 0.264 e. The Bertz CT molecular complexity index is 784. The molecule has 0 atom stereocenters. The SMILES string of the molecule is NC(=O)c1cccc(CNc2noc(-c3ccccc3)n2)c1. The molecule has 1 heterocycles. The van der Waals surface area contributed by atoms with Crippen LogP contribution in [0.3, 0.4) is 0 Å². The zero-order chi connectivity index (χ0) is 15.4. The van der Waals surface area contributed by atoms with Crippen LogP contribution in [0.15, 0.2) is 59.1 Å². The molecule has 3 rings (SSSR count). The monoisotopic (exact) mass is 294 g/mol. The van der Waals surface area contributed by atoms with Gasteiger partial charge in [-0.1, -0.05) is 30.3 Å². The van der Waals surface area contributed by atoms with E-state index in [-0.39, 0.29) is 0 Å². The Morgan fingerprint density at radius 3 is 2.73 bits per heavy atom. The van der Waals surface area contributed by atoms with Crippen molar-refractivity contribution in [2.75, 3.05) is 5.32 Å². The van der Waals surface area contributed by atoms with Crippen LogP contribution >= 0.6 is 0 Å². The first-order chi connectivity index (χ1) is 10.7. The number of benzene rings is 2. The number of primary amides is 1. The Morgan fingerprint density at radius 1 is 1.14 bits per heavy atom. The molecule has 1 amide bonds. The summed E-state index contributed by atoms with van der Waals surface area (Å²) in [5.41, 5.74) is 7.49. The second-order valence-electron chi connectivity index (χ2n) is 4.71. The fraction of sp³-hybridized carbons (Fsp3) is 0.0625. The molecule has 0 unspecified atom stereocenters. The van der Waals surface area contributed by atoms with Gasteiger partial charge in [-0.05, 0) is 35.0 Å². The van der Waals surface area contributed by atoms with Gasteiger partial charge in [-0.2, -0.15) is 4.98 Å². The summed E-state index contributed by atoms with van der Waals surface area (Å²) < 4.78 is 5.20. The number of hydrogen-bond donors (Lipinski definition) is 2. The highest BCUT2D eigenvalue weighted by Crippen LogP contribution is 2.18. The van der Waals surface area contributed by atoms with Gasteiger partial charge in [0.05, 0.1) is 0 Å². The third kappa shape index (κ3) is 3.12. The highest BCUT2D eigenvalue weighted by atomic mass is 16.5. The summed E-state index contributed by atoms with van der Waals surface area (Å²) in [6.45, 7) is 0.467. The van der Waals surface area contributed by atoms with Gasteiger partial charge in [0.1, 0.15) is 0 Å². The number of nitrogens with two attached hydrogens (primary N) is 1. The van der Waals surface area contributed by atoms with Gasteiger partial charge in [-0.3, -0.25) is 4.79 Å². The molecule has 0 saturated carbocycles. The highest BCUT2D eigenvalue weighted by Gasteiger charge is 2.08. The second-order valence-corrected chi connectivity index (χ2v) is 4.71. The number of aromatic nitrogens is 2. The predicted octanol–water partition coefficient (Wildman–Crippen LogP) is 2.45. The van der Waals surface area contributed by atoms with E-state index in [9.17, 15) is 4.79 Å². The van der Waals surface area contributed by atoms with Crippen LogP contribution in [0.2, 0.25) is 0 Å². The summed E-state index contributed by atoms with van der Waals surface area (Å²) in [6, 6.07) is 16.6. The molecule has 6 nitrogen and oxygen atoms in total. The number of nitrogens with one attached hydrogen (secondary N) is 1. The van der Waals surface area contributed by atoms with E-state index in [0.717, 1.165) is 11.1 Å². The number of amides is 1. The molecule has 0 aliphatic rings. The first kappa shape index (κ1) is 13.8. The summed E-state index contributed by atoms with van der Waals surface area (Å²) in [4.78, 5) is 15.4. The minimum absolute atomic E-state index is 0.392. The molecular weight excluding hydrogens is 280 g/mol. The zero-order valence-electron chi connectivity index (χ0n) is 11.7. The lowest BCUT2D eigenvalue weighted by atomic mass is 10.1. The Labute approximate surface area is 127 Å². The molecule has 0 aliphatic carbocycles. The number of carbonyl (C=O) groups excluding carboxylic acids is 1. The van der Waals surface area contributed by atoms with E-state index < -0.39 is 5.91 Å². The standard InChI is InChI=1S/C16H14N4O2/c17-14(21)13-8-4-5-11(9-13)10-18-16-19-15(22-20-16)12-6-2-1-3-7-12/h1-9H,10H2,(H2,17,21)(H,18,20). The number of anilines is 1. The molecule has 22 heavy (non-hydrogen) atoms. The Hall–Kier alpha value is -3.15. The molecule has 3 aromatic rings. The summed E-state index contributed by atoms with van der Waals surface area (Å²) in [7, 11) is 0. The Morgan fingerprint density at radius 2 is 1.95 bits per heavy atom. The molecule has 110 valence electrons. The number of nitrogens with zero attached hydrogens (tertiary/aromatic N) is 2. The predicted molar refractivity (Wildman–Crippen MR) is 82.0 cm³/mol. The molecule has 1 aromatic heterocycles. The minimum atomic E-state index is -0.451. The number of rotatable bonds is 5. The van der Waals surface area contributed by atoms with Crippen LogP contribution in [0, 0.1) is 0 Å². The average molecular weight is 294 g/mol. The fourth-order valence-corrected chi connectivity index (χ4v) is 2.01. The Balaban J connectivity index is 1.69. The van der Waals surface area contributed by atoms with Gasteiger partial charge in [-0.25, -0.2) is 0 Å². The molecule has 0 radical (unpaired) electrons. The van der Waals surface area contributed by atoms with Crippen LogP contribution in [0.5, 0.6) is 0 Å². The topological polar surface area (TPSA) is 94.0 Å². The molecule has 6 heteroatoms. The second kappa shape index (κ2) is 6.09. The van der Waals surface area contributed by atoms with E-state index >= 15 is 0 Å². The van der Waals surface area contributed by atoms with Crippen LogP contribution in [-0.2, 0) is 6.54 Å². The third-order valence-electron chi connectivity index (χ3n) is 3.11. The maximum absolute atomic E-state index is 11.1. The molecule has 0 saturated heterocycles. The molecule has 3 N–H and O–H groups in total. The van der Waals surface area contributed by atoms with E-state index in [0.29, 0.717) is 23.9 Å². The Kier molecular flexibility index (Phi) is 3.82. The van der Waals surface area contributed by atoms with E-state index in [1.165, 1.54) is 0 Å². The van der Waals surface area contributed by atoms with Crippen molar-refractivity contribution in [2.45, 2.75) is 6.54 Å². The van der Waals surface area contributed by atoms with E-state index in [2.05, 4.69) is 15.5 Å². The van der Waals surface area contributed by atoms with Crippen LogP contribution in [0.1, 0.15) is 15.9 Å². The van der Waals surface area contributed by atoms with Crippen molar-refractivity contribution in [1.82, 2.24) is 10.1 Å². The van der Waals surface area contributed by atoms with Gasteiger partial charge in [0.25, 0.3) is 11.8 Å². The first-order valence-corrected chi connectivity index (χ1v) is 6.74. The average Bonchev–Trinajstić information content (AvgIpc) is 3.03. The van der Waals surface area contributed by atoms with E-state index in [4.69, 9.17) is 10.3 Å². The number of hydrogen-bond acceptors (Lipinski definition) is 5. The van der Waals surface area contributed by atoms with Gasteiger partial charge in [0.2, 0.25) is 5.91 Å². The smallest absolute Gasteiger partial charge is 0.264 e. The molecule has 0 aliphatic heterocycles. The van der Waals surface area contributed by atoms with Gasteiger partial charge >= 0.3 is 0 Å². The summed E-state index contributed by atoms with van der Waals surface area (Å²) in [6.07, 6.45) is 0. The molecule has 0 bridgehead atoms. The fourth-order valence-electron chi connectivity index (χ4n) is 2.01. The van der Waals surface area contributed by atoms with Crippen molar-refractivity contribution < 1.29 is 9.32 Å². The van der Waals surface area contributed by atoms with Crippen molar-refractivity contribution in [1.29, 1.82) is 0 Å². The van der Waals surface area contributed by atoms with Gasteiger partial charge < -0.3 is 15.6 Å². The molecule has 0 fully saturated rings. The van der Waals surface area contributed by atoms with Crippen LogP contribution in [-0.4, -0.2) is 16.0 Å². The van der Waals surface area contributed by atoms with Crippen molar-refractivity contribution in [3.63, 3.8) is 0 Å². The molecule has 0 spiro atoms. The van der Waals surface area contributed by atoms with E-state index in [1.54, 1.807) is 18.2 Å². The van der Waals surface area contributed by atoms with Gasteiger partial charge in [0.15, 0.2) is 0 Å². The van der Waals surface area contributed by atoms with Crippen molar-refractivity contribution in [3.8, 4) is 11.5 Å². The zero-order valence-corrected chi connectivity index (χ0v) is 11.7. The molecule has 2 aromatic carbocycles. The maximum atomic E-state index is 11.1. The number of carbonyl (C=O) groups is 1. The van der Waals surface area contributed by atoms with Crippen molar-refractivity contribution in [3.05, 3.63) is 65.7 Å². The van der Waals surface area contributed by atoms with Crippen LogP contribution in [0.4, 0.5) is 5.95 Å². The minimum Gasteiger partial charge on any atom is -0.366 e. The lowest BCUT2D eigenvalue weighted by Crippen LogP contribution is -2.11. The largest absolute Gasteiger partial charge is 0.366 e. The summed E-state index contributed by atoms with van der Waals surface area (Å²) in [5.74, 6) is 0.394. The van der Waals surface area contributed by atoms with Crippen LogP contribution < -0.4 is 11.1 Å².